The highest BCUT2D eigenvalue weighted by Crippen LogP contribution is 2.23. The smallest absolute Gasteiger partial charge is 0.252 e. The Morgan fingerprint density at radius 3 is 2.55 bits per heavy atom. The number of anilines is 1. The van der Waals surface area contributed by atoms with Gasteiger partial charge in [0.15, 0.2) is 0 Å². The summed E-state index contributed by atoms with van der Waals surface area (Å²) < 4.78 is 7.48. The van der Waals surface area contributed by atoms with Gasteiger partial charge in [0.1, 0.15) is 5.82 Å². The zero-order chi connectivity index (χ0) is 22.1. The maximum Gasteiger partial charge on any atom is 0.252 e. The fourth-order valence-corrected chi connectivity index (χ4v) is 3.53. The third kappa shape index (κ3) is 6.65. The van der Waals surface area contributed by atoms with E-state index in [2.05, 4.69) is 39.7 Å². The molecule has 0 aliphatic heterocycles. The van der Waals surface area contributed by atoms with Crippen LogP contribution >= 0.6 is 0 Å². The molecule has 164 valence electrons. The number of hydrogen-bond donors (Lipinski definition) is 2. The van der Waals surface area contributed by atoms with Gasteiger partial charge in [-0.05, 0) is 31.4 Å². The number of benzene rings is 1. The maximum atomic E-state index is 11.4. The van der Waals surface area contributed by atoms with Crippen LogP contribution in [0.1, 0.15) is 48.5 Å². The van der Waals surface area contributed by atoms with Crippen LogP contribution in [-0.4, -0.2) is 33.3 Å². The molecule has 0 unspecified atom stereocenters. The molecule has 1 aromatic carbocycles. The van der Waals surface area contributed by atoms with Crippen LogP contribution in [-0.2, 0) is 18.4 Å². The monoisotopic (exact) mass is 421 g/mol. The van der Waals surface area contributed by atoms with Crippen molar-refractivity contribution in [1.82, 2.24) is 14.8 Å². The van der Waals surface area contributed by atoms with Gasteiger partial charge in [-0.2, -0.15) is 5.10 Å². The highest BCUT2D eigenvalue weighted by molar-refractivity contribution is 5.98. The zero-order valence-electron chi connectivity index (χ0n) is 18.3. The predicted octanol–water partition coefficient (Wildman–Crippen LogP) is 4.16. The first-order valence-electron chi connectivity index (χ1n) is 10.7. The molecule has 2 heterocycles. The first-order chi connectivity index (χ1) is 15.1. The maximum absolute atomic E-state index is 11.4. The molecular formula is C24H31N5O2. The van der Waals surface area contributed by atoms with Gasteiger partial charge in [-0.1, -0.05) is 43.2 Å². The molecular weight excluding hydrogens is 390 g/mol. The van der Waals surface area contributed by atoms with E-state index in [1.165, 1.54) is 31.2 Å². The standard InChI is InChI=1S/C12H15N5O.C12H16O/c1-3-14-12-10(11(13)18)4-8(5-15-12)9-6-16-17(2)7-9;1-2-6-11(7-3-1)10-13-12-8-4-5-9-12/h4-7H,3H2,1-2H3,(H2,13,18)(H,14,15);1-3,6-7,12H,4-5,8-10H2. The Labute approximate surface area is 183 Å². The normalized spacial score (nSPS) is 13.5. The zero-order valence-corrected chi connectivity index (χ0v) is 18.3. The molecule has 3 N–H and O–H groups in total. The SMILES string of the molecule is CCNc1ncc(-c2cnn(C)c2)cc1C(N)=O.c1ccc(COC2CCCC2)cc1. The van der Waals surface area contributed by atoms with E-state index in [1.54, 1.807) is 23.1 Å². The topological polar surface area (TPSA) is 95.1 Å². The summed E-state index contributed by atoms with van der Waals surface area (Å²) >= 11 is 0. The first kappa shape index (κ1) is 22.5. The molecule has 7 heteroatoms. The minimum absolute atomic E-state index is 0.387. The average Bonchev–Trinajstić information content (AvgIpc) is 3.46. The highest BCUT2D eigenvalue weighted by Gasteiger charge is 2.15. The molecule has 0 bridgehead atoms. The Morgan fingerprint density at radius 1 is 1.19 bits per heavy atom. The van der Waals surface area contributed by atoms with E-state index < -0.39 is 5.91 Å². The Balaban J connectivity index is 0.000000185. The third-order valence-electron chi connectivity index (χ3n) is 5.17. The molecule has 7 nitrogen and oxygen atoms in total. The molecule has 1 aliphatic carbocycles. The molecule has 3 aromatic rings. The second-order valence-corrected chi connectivity index (χ2v) is 7.62. The molecule has 0 atom stereocenters. The average molecular weight is 422 g/mol. The lowest BCUT2D eigenvalue weighted by molar-refractivity contribution is 0.0457. The number of amides is 1. The molecule has 0 saturated heterocycles. The number of rotatable bonds is 7. The summed E-state index contributed by atoms with van der Waals surface area (Å²) in [4.78, 5) is 15.6. The van der Waals surface area contributed by atoms with Gasteiger partial charge in [-0.25, -0.2) is 4.98 Å². The van der Waals surface area contributed by atoms with E-state index in [0.717, 1.165) is 17.7 Å². The second kappa shape index (κ2) is 11.3. The fourth-order valence-electron chi connectivity index (χ4n) is 3.53. The number of nitrogens with zero attached hydrogens (tertiary/aromatic N) is 3. The molecule has 4 rings (SSSR count). The highest BCUT2D eigenvalue weighted by atomic mass is 16.5. The number of primary amides is 1. The van der Waals surface area contributed by atoms with Gasteiger partial charge >= 0.3 is 0 Å². The van der Waals surface area contributed by atoms with Crippen LogP contribution in [0.2, 0.25) is 0 Å². The number of nitrogens with one attached hydrogen (secondary N) is 1. The lowest BCUT2D eigenvalue weighted by Gasteiger charge is -2.10. The lowest BCUT2D eigenvalue weighted by Crippen LogP contribution is -2.15. The van der Waals surface area contributed by atoms with Crippen molar-refractivity contribution >= 4 is 11.7 Å². The lowest BCUT2D eigenvalue weighted by atomic mass is 10.1. The van der Waals surface area contributed by atoms with Crippen LogP contribution in [0, 0.1) is 0 Å². The Morgan fingerprint density at radius 2 is 1.94 bits per heavy atom. The van der Waals surface area contributed by atoms with E-state index in [1.807, 2.05) is 26.2 Å². The third-order valence-corrected chi connectivity index (χ3v) is 5.17. The number of carbonyl (C=O) groups excluding carboxylic acids is 1. The van der Waals surface area contributed by atoms with Gasteiger partial charge in [-0.15, -0.1) is 0 Å². The molecule has 0 radical (unpaired) electrons. The summed E-state index contributed by atoms with van der Waals surface area (Å²) in [6.45, 7) is 3.40. The molecule has 31 heavy (non-hydrogen) atoms. The molecule has 1 fully saturated rings. The molecule has 1 amide bonds. The Hall–Kier alpha value is -3.19. The van der Waals surface area contributed by atoms with E-state index in [-0.39, 0.29) is 0 Å². The van der Waals surface area contributed by atoms with Crippen LogP contribution in [0.5, 0.6) is 0 Å². The molecule has 2 aromatic heterocycles. The van der Waals surface area contributed by atoms with E-state index in [0.29, 0.717) is 24.0 Å². The largest absolute Gasteiger partial charge is 0.374 e. The summed E-state index contributed by atoms with van der Waals surface area (Å²) in [7, 11) is 1.83. The van der Waals surface area contributed by atoms with E-state index >= 15 is 0 Å². The summed E-state index contributed by atoms with van der Waals surface area (Å²) in [5.74, 6) is 0.0156. The number of pyridine rings is 1. The van der Waals surface area contributed by atoms with Crippen molar-refractivity contribution in [2.24, 2.45) is 12.8 Å². The van der Waals surface area contributed by atoms with Crippen LogP contribution in [0.15, 0.2) is 55.0 Å². The molecule has 0 spiro atoms. The summed E-state index contributed by atoms with van der Waals surface area (Å²) in [6, 6.07) is 12.1. The van der Waals surface area contributed by atoms with Crippen molar-refractivity contribution in [3.63, 3.8) is 0 Å². The van der Waals surface area contributed by atoms with Gasteiger partial charge in [0, 0.05) is 37.1 Å². The van der Waals surface area contributed by atoms with Crippen LogP contribution in [0.4, 0.5) is 5.82 Å². The predicted molar refractivity (Wildman–Crippen MR) is 123 cm³/mol. The van der Waals surface area contributed by atoms with Crippen molar-refractivity contribution in [2.75, 3.05) is 11.9 Å². The van der Waals surface area contributed by atoms with Crippen molar-refractivity contribution in [1.29, 1.82) is 0 Å². The van der Waals surface area contributed by atoms with Crippen molar-refractivity contribution < 1.29 is 9.53 Å². The Bertz CT molecular complexity index is 965. The number of aryl methyl sites for hydroxylation is 1. The minimum atomic E-state index is -0.496. The first-order valence-corrected chi connectivity index (χ1v) is 10.7. The number of carbonyl (C=O) groups is 1. The van der Waals surface area contributed by atoms with Crippen molar-refractivity contribution in [3.8, 4) is 11.1 Å². The minimum Gasteiger partial charge on any atom is -0.374 e. The van der Waals surface area contributed by atoms with Gasteiger partial charge in [0.2, 0.25) is 0 Å². The van der Waals surface area contributed by atoms with Crippen LogP contribution in [0.25, 0.3) is 11.1 Å². The van der Waals surface area contributed by atoms with Crippen LogP contribution in [0.3, 0.4) is 0 Å². The summed E-state index contributed by atoms with van der Waals surface area (Å²) in [5, 5.41) is 7.09. The number of ether oxygens (including phenoxy) is 1. The van der Waals surface area contributed by atoms with Crippen molar-refractivity contribution in [3.05, 3.63) is 66.1 Å². The number of aromatic nitrogens is 3. The fraction of sp³-hybridized carbons (Fsp3) is 0.375. The quantitative estimate of drug-likeness (QED) is 0.597. The Kier molecular flexibility index (Phi) is 8.18. The molecule has 1 saturated carbocycles. The van der Waals surface area contributed by atoms with Gasteiger partial charge in [0.05, 0.1) is 24.5 Å². The number of hydrogen-bond acceptors (Lipinski definition) is 5. The van der Waals surface area contributed by atoms with Gasteiger partial charge < -0.3 is 15.8 Å². The van der Waals surface area contributed by atoms with Gasteiger partial charge in [0.25, 0.3) is 5.91 Å². The number of nitrogens with two attached hydrogens (primary N) is 1. The summed E-state index contributed by atoms with van der Waals surface area (Å²) in [6.07, 6.45) is 11.0. The van der Waals surface area contributed by atoms with Gasteiger partial charge in [-0.3, -0.25) is 9.48 Å². The second-order valence-electron chi connectivity index (χ2n) is 7.62. The summed E-state index contributed by atoms with van der Waals surface area (Å²) in [5.41, 5.74) is 8.75. The van der Waals surface area contributed by atoms with E-state index in [4.69, 9.17) is 10.5 Å². The van der Waals surface area contributed by atoms with Crippen LogP contribution < -0.4 is 11.1 Å². The van der Waals surface area contributed by atoms with E-state index in [9.17, 15) is 4.79 Å². The van der Waals surface area contributed by atoms with Crippen molar-refractivity contribution in [2.45, 2.75) is 45.3 Å². The molecule has 1 aliphatic rings.